The Morgan fingerprint density at radius 3 is 2.28 bits per heavy atom. The van der Waals surface area contributed by atoms with Crippen LogP contribution in [-0.4, -0.2) is 23.3 Å². The van der Waals surface area contributed by atoms with Gasteiger partial charge in [0.1, 0.15) is 0 Å². The number of H-pyrrole nitrogens is 1. The Morgan fingerprint density at radius 1 is 0.966 bits per heavy atom. The molecular weight excluding hydrogens is 397 g/mol. The van der Waals surface area contributed by atoms with Crippen molar-refractivity contribution in [2.75, 3.05) is 11.9 Å². The maximum absolute atomic E-state index is 13.4. The monoisotopic (exact) mass is 411 g/mol. The van der Waals surface area contributed by atoms with Gasteiger partial charge in [-0.25, -0.2) is 8.78 Å². The van der Waals surface area contributed by atoms with Crippen LogP contribution in [0.4, 0.5) is 27.6 Å². The fourth-order valence-corrected chi connectivity index (χ4v) is 2.66. The molecule has 3 aromatic rings. The molecule has 2 amide bonds. The predicted octanol–water partition coefficient (Wildman–Crippen LogP) is 3.76. The second-order valence-electron chi connectivity index (χ2n) is 6.17. The number of alkyl halides is 3. The number of aromatic nitrogens is 1. The zero-order valence-electron chi connectivity index (χ0n) is 14.7. The van der Waals surface area contributed by atoms with Crippen LogP contribution in [0.1, 0.15) is 11.1 Å². The van der Waals surface area contributed by atoms with Crippen LogP contribution in [0.15, 0.2) is 42.6 Å². The van der Waals surface area contributed by atoms with Crippen molar-refractivity contribution in [1.29, 1.82) is 0 Å². The average Bonchev–Trinajstić information content (AvgIpc) is 3.03. The van der Waals surface area contributed by atoms with Gasteiger partial charge in [0, 0.05) is 24.2 Å². The van der Waals surface area contributed by atoms with Crippen molar-refractivity contribution in [1.82, 2.24) is 10.3 Å². The van der Waals surface area contributed by atoms with E-state index in [0.717, 1.165) is 24.3 Å². The molecule has 0 unspecified atom stereocenters. The molecular formula is C19H14F5N3O2. The van der Waals surface area contributed by atoms with Crippen molar-refractivity contribution in [3.8, 4) is 0 Å². The number of anilines is 1. The lowest BCUT2D eigenvalue weighted by Gasteiger charge is -2.08. The number of amides is 2. The van der Waals surface area contributed by atoms with Gasteiger partial charge in [-0.3, -0.25) is 9.59 Å². The summed E-state index contributed by atoms with van der Waals surface area (Å²) in [7, 11) is 0. The topological polar surface area (TPSA) is 74.0 Å². The summed E-state index contributed by atoms with van der Waals surface area (Å²) in [6.45, 7) is 0.0192. The lowest BCUT2D eigenvalue weighted by Crippen LogP contribution is -2.36. The molecule has 0 saturated heterocycles. The normalized spacial score (nSPS) is 11.5. The highest BCUT2D eigenvalue weighted by molar-refractivity contribution is 6.40. The third-order valence-corrected chi connectivity index (χ3v) is 4.16. The van der Waals surface area contributed by atoms with E-state index in [1.54, 1.807) is 0 Å². The molecule has 3 N–H and O–H groups in total. The molecule has 1 heterocycles. The van der Waals surface area contributed by atoms with E-state index in [1.807, 2.05) is 0 Å². The van der Waals surface area contributed by atoms with E-state index >= 15 is 0 Å². The summed E-state index contributed by atoms with van der Waals surface area (Å²) in [5, 5.41) is 4.82. The van der Waals surface area contributed by atoms with Crippen molar-refractivity contribution in [3.05, 3.63) is 65.4 Å². The first-order valence-corrected chi connectivity index (χ1v) is 8.36. The van der Waals surface area contributed by atoms with Crippen molar-refractivity contribution >= 4 is 28.4 Å². The molecule has 0 atom stereocenters. The number of benzene rings is 2. The summed E-state index contributed by atoms with van der Waals surface area (Å²) >= 11 is 0. The summed E-state index contributed by atoms with van der Waals surface area (Å²) in [6, 6.07) is 6.25. The van der Waals surface area contributed by atoms with E-state index in [-0.39, 0.29) is 29.6 Å². The van der Waals surface area contributed by atoms with E-state index in [9.17, 15) is 31.5 Å². The summed E-state index contributed by atoms with van der Waals surface area (Å²) in [4.78, 5) is 26.5. The van der Waals surface area contributed by atoms with Crippen LogP contribution in [0.5, 0.6) is 0 Å². The van der Waals surface area contributed by atoms with Crippen LogP contribution in [0.2, 0.25) is 0 Å². The zero-order chi connectivity index (χ0) is 21.2. The number of halogens is 5. The van der Waals surface area contributed by atoms with Crippen LogP contribution in [0.25, 0.3) is 10.9 Å². The fraction of sp³-hybridized carbons (Fsp3) is 0.158. The first kappa shape index (κ1) is 20.3. The standard InChI is InChI=1S/C19H14F5N3O2/c20-13-7-12-15(8-14(13)21)26-9-16(12)27-18(29)17(28)25-6-5-10-1-3-11(4-2-10)19(22,23)24/h1-4,7-9,26H,5-6H2,(H,25,28)(H,27,29). The molecule has 5 nitrogen and oxygen atoms in total. The maximum atomic E-state index is 13.4. The second-order valence-corrected chi connectivity index (χ2v) is 6.17. The highest BCUT2D eigenvalue weighted by atomic mass is 19.4. The highest BCUT2D eigenvalue weighted by Crippen LogP contribution is 2.29. The molecule has 1 aromatic heterocycles. The van der Waals surface area contributed by atoms with Crippen molar-refractivity contribution in [3.63, 3.8) is 0 Å². The van der Waals surface area contributed by atoms with Crippen LogP contribution in [-0.2, 0) is 22.2 Å². The fourth-order valence-electron chi connectivity index (χ4n) is 2.66. The molecule has 29 heavy (non-hydrogen) atoms. The predicted molar refractivity (Wildman–Crippen MR) is 95.0 cm³/mol. The lowest BCUT2D eigenvalue weighted by atomic mass is 10.1. The summed E-state index contributed by atoms with van der Waals surface area (Å²) in [6.07, 6.45) is -2.92. The molecule has 2 aromatic carbocycles. The van der Waals surface area contributed by atoms with Gasteiger partial charge in [-0.2, -0.15) is 13.2 Å². The molecule has 152 valence electrons. The van der Waals surface area contributed by atoms with Gasteiger partial charge in [-0.15, -0.1) is 0 Å². The van der Waals surface area contributed by atoms with Crippen LogP contribution in [0.3, 0.4) is 0 Å². The van der Waals surface area contributed by atoms with E-state index < -0.39 is 35.2 Å². The Hall–Kier alpha value is -3.43. The molecule has 0 fully saturated rings. The number of carbonyl (C=O) groups is 2. The number of carbonyl (C=O) groups excluding carboxylic acids is 2. The van der Waals surface area contributed by atoms with Gasteiger partial charge < -0.3 is 15.6 Å². The van der Waals surface area contributed by atoms with Gasteiger partial charge in [-0.05, 0) is 30.2 Å². The third-order valence-electron chi connectivity index (χ3n) is 4.16. The van der Waals surface area contributed by atoms with Crippen molar-refractivity contribution in [2.24, 2.45) is 0 Å². The lowest BCUT2D eigenvalue weighted by molar-refractivity contribution is -0.137. The Kier molecular flexibility index (Phi) is 5.53. The Morgan fingerprint density at radius 2 is 1.62 bits per heavy atom. The van der Waals surface area contributed by atoms with Gasteiger partial charge in [-0.1, -0.05) is 12.1 Å². The molecule has 0 aliphatic heterocycles. The molecule has 3 rings (SSSR count). The Balaban J connectivity index is 1.55. The number of aromatic amines is 1. The number of nitrogens with one attached hydrogen (secondary N) is 3. The zero-order valence-corrected chi connectivity index (χ0v) is 14.7. The molecule has 0 saturated carbocycles. The first-order chi connectivity index (χ1) is 13.6. The number of fused-ring (bicyclic) bond motifs is 1. The van der Waals surface area contributed by atoms with Gasteiger partial charge in [0.2, 0.25) is 0 Å². The summed E-state index contributed by atoms with van der Waals surface area (Å²) < 4.78 is 64.1. The molecule has 10 heteroatoms. The minimum absolute atomic E-state index is 0.0192. The SMILES string of the molecule is O=C(NCCc1ccc(C(F)(F)F)cc1)C(=O)Nc1c[nH]c2cc(F)c(F)cc12. The van der Waals surface area contributed by atoms with Gasteiger partial charge in [0.25, 0.3) is 0 Å². The van der Waals surface area contributed by atoms with Crippen molar-refractivity contribution in [2.45, 2.75) is 12.6 Å². The van der Waals surface area contributed by atoms with E-state index in [4.69, 9.17) is 0 Å². The second kappa shape index (κ2) is 7.90. The summed E-state index contributed by atoms with van der Waals surface area (Å²) in [5.74, 6) is -4.16. The molecule has 0 aliphatic rings. The van der Waals surface area contributed by atoms with Gasteiger partial charge in [0.05, 0.1) is 16.8 Å². The number of rotatable bonds is 4. The van der Waals surface area contributed by atoms with E-state index in [2.05, 4.69) is 15.6 Å². The molecule has 0 spiro atoms. The quantitative estimate of drug-likeness (QED) is 0.452. The van der Waals surface area contributed by atoms with Crippen LogP contribution < -0.4 is 10.6 Å². The number of hydrogen-bond donors (Lipinski definition) is 3. The van der Waals surface area contributed by atoms with E-state index in [0.29, 0.717) is 5.56 Å². The van der Waals surface area contributed by atoms with Crippen LogP contribution >= 0.6 is 0 Å². The summed E-state index contributed by atoms with van der Waals surface area (Å²) in [5.41, 5.74) is 0.108. The number of hydrogen-bond acceptors (Lipinski definition) is 2. The minimum Gasteiger partial charge on any atom is -0.359 e. The highest BCUT2D eigenvalue weighted by Gasteiger charge is 2.29. The van der Waals surface area contributed by atoms with Gasteiger partial charge in [0.15, 0.2) is 11.6 Å². The Labute approximate surface area is 160 Å². The molecule has 0 bridgehead atoms. The van der Waals surface area contributed by atoms with Crippen molar-refractivity contribution < 1.29 is 31.5 Å². The Bertz CT molecular complexity index is 1060. The minimum atomic E-state index is -4.43. The molecule has 0 aliphatic carbocycles. The molecule has 0 radical (unpaired) electrons. The largest absolute Gasteiger partial charge is 0.416 e. The smallest absolute Gasteiger partial charge is 0.359 e. The third kappa shape index (κ3) is 4.71. The van der Waals surface area contributed by atoms with Gasteiger partial charge >= 0.3 is 18.0 Å². The van der Waals surface area contributed by atoms with E-state index in [1.165, 1.54) is 18.3 Å². The maximum Gasteiger partial charge on any atom is 0.416 e. The van der Waals surface area contributed by atoms with Crippen LogP contribution in [0, 0.1) is 11.6 Å². The first-order valence-electron chi connectivity index (χ1n) is 8.36. The average molecular weight is 411 g/mol.